The van der Waals surface area contributed by atoms with E-state index in [1.165, 1.54) is 14.7 Å². The van der Waals surface area contributed by atoms with E-state index in [-0.39, 0.29) is 0 Å². The number of nitrogens with one attached hydrogen (secondary N) is 1. The van der Waals surface area contributed by atoms with Crippen LogP contribution in [0.2, 0.25) is 0 Å². The van der Waals surface area contributed by atoms with Gasteiger partial charge >= 0.3 is 0 Å². The van der Waals surface area contributed by atoms with Crippen molar-refractivity contribution < 1.29 is 4.74 Å². The van der Waals surface area contributed by atoms with Gasteiger partial charge in [-0.25, -0.2) is 0 Å². The minimum absolute atomic E-state index is 0.611. The lowest BCUT2D eigenvalue weighted by Crippen LogP contribution is -2.05. The summed E-state index contributed by atoms with van der Waals surface area (Å²) in [7, 11) is 1.94. The molecule has 0 aliphatic heterocycles. The Kier molecular flexibility index (Phi) is 5.01. The summed E-state index contributed by atoms with van der Waals surface area (Å²) < 4.78 is 7.03. The van der Waals surface area contributed by atoms with Gasteiger partial charge in [-0.1, -0.05) is 24.3 Å². The van der Waals surface area contributed by atoms with Gasteiger partial charge in [0.15, 0.2) is 0 Å². The summed E-state index contributed by atoms with van der Waals surface area (Å²) in [6.07, 6.45) is 0. The Labute approximate surface area is 122 Å². The molecule has 0 spiro atoms. The Balaban J connectivity index is 1.97. The van der Waals surface area contributed by atoms with Crippen molar-refractivity contribution in [3.63, 3.8) is 0 Å². The maximum atomic E-state index is 5.79. The van der Waals surface area contributed by atoms with E-state index < -0.39 is 0 Å². The first kappa shape index (κ1) is 13.4. The lowest BCUT2D eigenvalue weighted by Gasteiger charge is -2.08. The summed E-state index contributed by atoms with van der Waals surface area (Å²) in [5.41, 5.74) is 2.42. The summed E-state index contributed by atoms with van der Waals surface area (Å²) in [4.78, 5) is 0. The topological polar surface area (TPSA) is 21.3 Å². The molecule has 0 aliphatic carbocycles. The molecule has 0 bridgehead atoms. The van der Waals surface area contributed by atoms with Crippen LogP contribution in [0, 0.1) is 3.57 Å². The Bertz CT molecular complexity index is 496. The van der Waals surface area contributed by atoms with Crippen molar-refractivity contribution in [1.29, 1.82) is 0 Å². The standard InChI is InChI=1S/C15H16INO/c1-17-10-13-3-2-4-15(9-13)18-11-12-5-7-14(16)8-6-12/h2-9,17H,10-11H2,1H3. The molecule has 0 aromatic heterocycles. The molecule has 0 fully saturated rings. The smallest absolute Gasteiger partial charge is 0.120 e. The van der Waals surface area contributed by atoms with E-state index >= 15 is 0 Å². The molecule has 0 unspecified atom stereocenters. The van der Waals surface area contributed by atoms with Crippen LogP contribution in [-0.4, -0.2) is 7.05 Å². The van der Waals surface area contributed by atoms with Crippen molar-refractivity contribution in [2.45, 2.75) is 13.2 Å². The molecular weight excluding hydrogens is 337 g/mol. The highest BCUT2D eigenvalue weighted by molar-refractivity contribution is 14.1. The Hall–Kier alpha value is -1.07. The second-order valence-corrected chi connectivity index (χ2v) is 5.34. The van der Waals surface area contributed by atoms with Gasteiger partial charge in [-0.3, -0.25) is 0 Å². The number of hydrogen-bond acceptors (Lipinski definition) is 2. The molecule has 18 heavy (non-hydrogen) atoms. The first-order chi connectivity index (χ1) is 8.78. The summed E-state index contributed by atoms with van der Waals surface area (Å²) in [6.45, 7) is 1.47. The van der Waals surface area contributed by atoms with Crippen molar-refractivity contribution >= 4 is 22.6 Å². The van der Waals surface area contributed by atoms with Gasteiger partial charge < -0.3 is 10.1 Å². The van der Waals surface area contributed by atoms with Crippen LogP contribution in [0.5, 0.6) is 5.75 Å². The van der Waals surface area contributed by atoms with Crippen LogP contribution in [0.1, 0.15) is 11.1 Å². The Morgan fingerprint density at radius 2 is 1.83 bits per heavy atom. The van der Waals surface area contributed by atoms with Gasteiger partial charge in [0.05, 0.1) is 0 Å². The molecule has 0 amide bonds. The average molecular weight is 353 g/mol. The number of rotatable bonds is 5. The predicted molar refractivity (Wildman–Crippen MR) is 82.7 cm³/mol. The van der Waals surface area contributed by atoms with Gasteiger partial charge in [-0.15, -0.1) is 0 Å². The minimum Gasteiger partial charge on any atom is -0.489 e. The molecule has 0 aliphatic rings. The van der Waals surface area contributed by atoms with E-state index in [1.807, 2.05) is 19.2 Å². The largest absolute Gasteiger partial charge is 0.489 e. The van der Waals surface area contributed by atoms with Crippen LogP contribution in [-0.2, 0) is 13.2 Å². The lowest BCUT2D eigenvalue weighted by molar-refractivity contribution is 0.306. The highest BCUT2D eigenvalue weighted by Gasteiger charge is 1.98. The number of benzene rings is 2. The zero-order valence-corrected chi connectivity index (χ0v) is 12.5. The van der Waals surface area contributed by atoms with Crippen molar-refractivity contribution in [1.82, 2.24) is 5.32 Å². The second-order valence-electron chi connectivity index (χ2n) is 4.09. The summed E-state index contributed by atoms with van der Waals surface area (Å²) in [6, 6.07) is 16.6. The molecule has 1 N–H and O–H groups in total. The fourth-order valence-corrected chi connectivity index (χ4v) is 2.06. The molecule has 0 atom stereocenters. The van der Waals surface area contributed by atoms with Gasteiger partial charge in [0.1, 0.15) is 12.4 Å². The third-order valence-corrected chi connectivity index (χ3v) is 3.32. The summed E-state index contributed by atoms with van der Waals surface area (Å²) >= 11 is 2.30. The van der Waals surface area contributed by atoms with Crippen LogP contribution in [0.4, 0.5) is 0 Å². The predicted octanol–water partition coefficient (Wildman–Crippen LogP) is 3.59. The van der Waals surface area contributed by atoms with Gasteiger partial charge in [0.2, 0.25) is 0 Å². The minimum atomic E-state index is 0.611. The third-order valence-electron chi connectivity index (χ3n) is 2.60. The maximum absolute atomic E-state index is 5.79. The van der Waals surface area contributed by atoms with Gasteiger partial charge in [0.25, 0.3) is 0 Å². The third kappa shape index (κ3) is 3.99. The van der Waals surface area contributed by atoms with Gasteiger partial charge in [-0.05, 0) is 65.0 Å². The molecule has 2 nitrogen and oxygen atoms in total. The lowest BCUT2D eigenvalue weighted by atomic mass is 10.2. The molecule has 0 saturated carbocycles. The molecule has 0 saturated heterocycles. The molecule has 0 heterocycles. The van der Waals surface area contributed by atoms with Gasteiger partial charge in [-0.2, -0.15) is 0 Å². The zero-order chi connectivity index (χ0) is 12.8. The first-order valence-electron chi connectivity index (χ1n) is 5.89. The van der Waals surface area contributed by atoms with E-state index in [2.05, 4.69) is 64.3 Å². The number of hydrogen-bond donors (Lipinski definition) is 1. The summed E-state index contributed by atoms with van der Waals surface area (Å²) in [5, 5.41) is 3.13. The van der Waals surface area contributed by atoms with Crippen molar-refractivity contribution in [2.24, 2.45) is 0 Å². The highest BCUT2D eigenvalue weighted by atomic mass is 127. The molecular formula is C15H16INO. The first-order valence-corrected chi connectivity index (χ1v) is 6.96. The second kappa shape index (κ2) is 6.75. The number of halogens is 1. The quantitative estimate of drug-likeness (QED) is 0.830. The average Bonchev–Trinajstić information content (AvgIpc) is 2.39. The van der Waals surface area contributed by atoms with Crippen LogP contribution in [0.15, 0.2) is 48.5 Å². The van der Waals surface area contributed by atoms with Crippen molar-refractivity contribution in [2.75, 3.05) is 7.05 Å². The normalized spacial score (nSPS) is 10.3. The Morgan fingerprint density at radius 1 is 1.06 bits per heavy atom. The maximum Gasteiger partial charge on any atom is 0.120 e. The molecule has 0 radical (unpaired) electrons. The molecule has 94 valence electrons. The summed E-state index contributed by atoms with van der Waals surface area (Å²) in [5.74, 6) is 0.918. The molecule has 2 aromatic rings. The van der Waals surface area contributed by atoms with E-state index in [9.17, 15) is 0 Å². The molecule has 3 heteroatoms. The fraction of sp³-hybridized carbons (Fsp3) is 0.200. The fourth-order valence-electron chi connectivity index (χ4n) is 1.70. The van der Waals surface area contributed by atoms with E-state index in [0.29, 0.717) is 6.61 Å². The van der Waals surface area contributed by atoms with E-state index in [4.69, 9.17) is 4.74 Å². The zero-order valence-electron chi connectivity index (χ0n) is 10.3. The van der Waals surface area contributed by atoms with Crippen LogP contribution in [0.25, 0.3) is 0 Å². The van der Waals surface area contributed by atoms with E-state index in [0.717, 1.165) is 12.3 Å². The van der Waals surface area contributed by atoms with E-state index in [1.54, 1.807) is 0 Å². The highest BCUT2D eigenvalue weighted by Crippen LogP contribution is 2.15. The van der Waals surface area contributed by atoms with Crippen LogP contribution < -0.4 is 10.1 Å². The van der Waals surface area contributed by atoms with Crippen LogP contribution in [0.3, 0.4) is 0 Å². The monoisotopic (exact) mass is 353 g/mol. The molecule has 2 aromatic carbocycles. The SMILES string of the molecule is CNCc1cccc(OCc2ccc(I)cc2)c1. The van der Waals surface area contributed by atoms with Crippen LogP contribution >= 0.6 is 22.6 Å². The number of ether oxygens (including phenoxy) is 1. The molecule has 2 rings (SSSR count). The van der Waals surface area contributed by atoms with Crippen molar-refractivity contribution in [3.8, 4) is 5.75 Å². The van der Waals surface area contributed by atoms with Crippen molar-refractivity contribution in [3.05, 3.63) is 63.2 Å². The van der Waals surface area contributed by atoms with Gasteiger partial charge in [0, 0.05) is 10.1 Å². The Morgan fingerprint density at radius 3 is 2.56 bits per heavy atom.